The zero-order valence-electron chi connectivity index (χ0n) is 29.0. The Morgan fingerprint density at radius 3 is 1.56 bits per heavy atom. The molecule has 10 aromatic rings. The summed E-state index contributed by atoms with van der Waals surface area (Å²) in [6.07, 6.45) is 0. The molecule has 54 heavy (non-hydrogen) atoms. The lowest BCUT2D eigenvalue weighted by Gasteiger charge is -2.49. The molecule has 0 saturated carbocycles. The third-order valence-corrected chi connectivity index (χ3v) is 12.6. The Morgan fingerprint density at radius 2 is 0.870 bits per heavy atom. The summed E-state index contributed by atoms with van der Waals surface area (Å²) in [4.78, 5) is 5.14. The highest BCUT2D eigenvalue weighted by Gasteiger charge is 2.59. The van der Waals surface area contributed by atoms with Crippen LogP contribution in [0.1, 0.15) is 44.5 Å². The molecule has 0 fully saturated rings. The predicted octanol–water partition coefficient (Wildman–Crippen LogP) is 12.4. The van der Waals surface area contributed by atoms with E-state index in [1.54, 1.807) is 0 Å². The number of aromatic nitrogens is 1. The number of hydrogen-bond acceptors (Lipinski definition) is 3. The smallest absolute Gasteiger partial charge is 0.227 e. The van der Waals surface area contributed by atoms with Crippen LogP contribution in [-0.4, -0.2) is 4.98 Å². The second-order valence-electron chi connectivity index (χ2n) is 14.9. The summed E-state index contributed by atoms with van der Waals surface area (Å²) in [7, 11) is 0. The molecule has 3 aliphatic carbocycles. The van der Waals surface area contributed by atoms with E-state index in [2.05, 4.69) is 146 Å². The first-order valence-corrected chi connectivity index (χ1v) is 18.6. The van der Waals surface area contributed by atoms with Crippen LogP contribution in [0.3, 0.4) is 0 Å². The second kappa shape index (κ2) is 9.91. The maximum atomic E-state index is 6.66. The van der Waals surface area contributed by atoms with Crippen LogP contribution in [0.25, 0.3) is 66.7 Å². The van der Waals surface area contributed by atoms with Crippen LogP contribution in [0, 0.1) is 0 Å². The largest absolute Gasteiger partial charge is 0.456 e. The maximum Gasteiger partial charge on any atom is 0.227 e. The Labute approximate surface area is 310 Å². The first-order chi connectivity index (χ1) is 26.8. The van der Waals surface area contributed by atoms with Gasteiger partial charge in [-0.25, -0.2) is 4.98 Å². The Morgan fingerprint density at radius 1 is 0.333 bits per heavy atom. The van der Waals surface area contributed by atoms with Crippen LogP contribution < -0.4 is 0 Å². The molecule has 0 unspecified atom stereocenters. The Bertz CT molecular complexity index is 3120. The normalized spacial score (nSPS) is 15.0. The molecule has 0 atom stereocenters. The number of rotatable bonds is 1. The van der Waals surface area contributed by atoms with Gasteiger partial charge in [-0.15, -0.1) is 0 Å². The molecule has 0 amide bonds. The first-order valence-electron chi connectivity index (χ1n) is 18.6. The molecule has 0 radical (unpaired) electrons. The molecule has 2 heterocycles. The number of benzene rings is 8. The van der Waals surface area contributed by atoms with Crippen molar-refractivity contribution in [2.45, 2.75) is 10.8 Å². The van der Waals surface area contributed by atoms with Crippen LogP contribution in [0.4, 0.5) is 0 Å². The van der Waals surface area contributed by atoms with E-state index >= 15 is 0 Å². The highest BCUT2D eigenvalue weighted by molar-refractivity contribution is 6.09. The van der Waals surface area contributed by atoms with E-state index in [1.807, 2.05) is 30.3 Å². The molecule has 3 nitrogen and oxygen atoms in total. The molecule has 0 saturated heterocycles. The lowest BCUT2D eigenvalue weighted by molar-refractivity contribution is 0.609. The maximum absolute atomic E-state index is 6.66. The highest BCUT2D eigenvalue weighted by atomic mass is 16.3. The van der Waals surface area contributed by atoms with Crippen molar-refractivity contribution in [1.29, 1.82) is 0 Å². The number of furan rings is 1. The quantitative estimate of drug-likeness (QED) is 0.172. The van der Waals surface area contributed by atoms with Gasteiger partial charge in [0.15, 0.2) is 5.58 Å². The highest BCUT2D eigenvalue weighted by Crippen LogP contribution is 2.68. The SMILES string of the molecule is c1ccc2c(c1)-c1ccccc1C21c2ccccc2C2(c3cc4c(cc3-c3cccc(-c5nc6ccccc6o5)c32)oc2ccccc24)c2ccccc21. The van der Waals surface area contributed by atoms with Crippen LogP contribution in [-0.2, 0) is 10.8 Å². The van der Waals surface area contributed by atoms with Gasteiger partial charge in [-0.3, -0.25) is 0 Å². The zero-order valence-corrected chi connectivity index (χ0v) is 29.0. The van der Waals surface area contributed by atoms with E-state index in [1.165, 1.54) is 66.8 Å². The van der Waals surface area contributed by atoms with Gasteiger partial charge in [-0.05, 0) is 103 Å². The van der Waals surface area contributed by atoms with Crippen LogP contribution in [0.5, 0.6) is 0 Å². The standard InChI is InChI=1S/C51H29NO2/c1-4-19-37-30(14-1)31-15-2-5-20-38(31)50(37)39-21-6-8-23-41(39)51(42-24-9-7-22-40(42)50)43-28-36-32-16-3-11-26-45(32)53-47(36)29-35(43)33-17-13-18-34(48(33)51)49-52-44-25-10-12-27-46(44)54-49/h1-29H. The van der Waals surface area contributed by atoms with Crippen molar-refractivity contribution in [3.63, 3.8) is 0 Å². The Balaban J connectivity index is 1.25. The van der Waals surface area contributed by atoms with Crippen molar-refractivity contribution in [2.75, 3.05) is 0 Å². The molecule has 2 aromatic heterocycles. The molecule has 0 N–H and O–H groups in total. The molecule has 3 aliphatic rings. The van der Waals surface area contributed by atoms with Gasteiger partial charge in [-0.2, -0.15) is 0 Å². The van der Waals surface area contributed by atoms with Gasteiger partial charge in [0.05, 0.1) is 10.8 Å². The van der Waals surface area contributed by atoms with Crippen molar-refractivity contribution in [2.24, 2.45) is 0 Å². The second-order valence-corrected chi connectivity index (χ2v) is 14.9. The summed E-state index contributed by atoms with van der Waals surface area (Å²) in [5, 5.41) is 2.24. The summed E-state index contributed by atoms with van der Waals surface area (Å²) >= 11 is 0. The van der Waals surface area contributed by atoms with Gasteiger partial charge in [0.1, 0.15) is 16.7 Å². The van der Waals surface area contributed by atoms with E-state index < -0.39 is 10.8 Å². The third-order valence-electron chi connectivity index (χ3n) is 12.6. The third kappa shape index (κ3) is 3.21. The molecule has 250 valence electrons. The van der Waals surface area contributed by atoms with Gasteiger partial charge in [-0.1, -0.05) is 140 Å². The Kier molecular flexibility index (Phi) is 5.25. The minimum Gasteiger partial charge on any atom is -0.456 e. The van der Waals surface area contributed by atoms with Gasteiger partial charge in [0, 0.05) is 16.3 Å². The Hall–Kier alpha value is -6.97. The van der Waals surface area contributed by atoms with E-state index in [0.29, 0.717) is 5.89 Å². The van der Waals surface area contributed by atoms with Crippen LogP contribution >= 0.6 is 0 Å². The van der Waals surface area contributed by atoms with Crippen molar-refractivity contribution < 1.29 is 8.83 Å². The molecule has 8 aromatic carbocycles. The van der Waals surface area contributed by atoms with Crippen molar-refractivity contribution in [3.8, 4) is 33.7 Å². The van der Waals surface area contributed by atoms with Crippen molar-refractivity contribution in [1.82, 2.24) is 4.98 Å². The van der Waals surface area contributed by atoms with E-state index in [0.717, 1.165) is 38.6 Å². The zero-order chi connectivity index (χ0) is 35.2. The molecular weight excluding hydrogens is 659 g/mol. The minimum atomic E-state index is -0.709. The van der Waals surface area contributed by atoms with Gasteiger partial charge in [0.2, 0.25) is 5.89 Å². The molecule has 0 aliphatic heterocycles. The number of fused-ring (bicyclic) bond motifs is 20. The van der Waals surface area contributed by atoms with E-state index in [9.17, 15) is 0 Å². The fraction of sp³-hybridized carbons (Fsp3) is 0.0392. The summed E-state index contributed by atoms with van der Waals surface area (Å²) in [6, 6.07) is 64.3. The van der Waals surface area contributed by atoms with E-state index in [-0.39, 0.29) is 0 Å². The number of nitrogens with zero attached hydrogens (tertiary/aromatic N) is 1. The van der Waals surface area contributed by atoms with Gasteiger partial charge in [0.25, 0.3) is 0 Å². The number of oxazole rings is 1. The van der Waals surface area contributed by atoms with Crippen molar-refractivity contribution in [3.05, 3.63) is 220 Å². The minimum absolute atomic E-state index is 0.520. The summed E-state index contributed by atoms with van der Waals surface area (Å²) < 4.78 is 13.3. The topological polar surface area (TPSA) is 39.2 Å². The van der Waals surface area contributed by atoms with E-state index in [4.69, 9.17) is 13.8 Å². The van der Waals surface area contributed by atoms with Crippen molar-refractivity contribution >= 4 is 33.0 Å². The molecular formula is C51H29NO2. The first kappa shape index (κ1) is 28.6. The average Bonchev–Trinajstić information content (AvgIpc) is 3.98. The summed E-state index contributed by atoms with van der Waals surface area (Å²) in [5.74, 6) is 0.626. The lowest BCUT2D eigenvalue weighted by Crippen LogP contribution is -2.44. The molecule has 2 spiro atoms. The van der Waals surface area contributed by atoms with Gasteiger partial charge >= 0.3 is 0 Å². The van der Waals surface area contributed by atoms with Gasteiger partial charge < -0.3 is 8.83 Å². The molecule has 3 heteroatoms. The fourth-order valence-electron chi connectivity index (χ4n) is 10.7. The number of para-hydroxylation sites is 3. The van der Waals surface area contributed by atoms with Crippen LogP contribution in [0.15, 0.2) is 185 Å². The average molecular weight is 688 g/mol. The predicted molar refractivity (Wildman–Crippen MR) is 215 cm³/mol. The summed E-state index contributed by atoms with van der Waals surface area (Å²) in [5.41, 5.74) is 18.3. The number of hydrogen-bond donors (Lipinski definition) is 0. The summed E-state index contributed by atoms with van der Waals surface area (Å²) in [6.45, 7) is 0. The molecule has 0 bridgehead atoms. The van der Waals surface area contributed by atoms with Crippen LogP contribution in [0.2, 0.25) is 0 Å². The lowest BCUT2D eigenvalue weighted by atomic mass is 9.52. The molecule has 13 rings (SSSR count). The fourth-order valence-corrected chi connectivity index (χ4v) is 10.7. The monoisotopic (exact) mass is 687 g/mol.